The minimum absolute atomic E-state index is 0.0151. The SMILES string of the molecule is CN(CC(=O)N1CCN(S(=O)(=O)c2ccc3c(c2)CCCC3)CC1)S(=O)(=O)c1cccnc1. The Morgan fingerprint density at radius 2 is 1.67 bits per heavy atom. The van der Waals surface area contributed by atoms with Crippen LogP contribution in [0.25, 0.3) is 0 Å². The molecule has 9 nitrogen and oxygen atoms in total. The molecule has 4 rings (SSSR count). The first-order chi connectivity index (χ1) is 15.7. The molecule has 1 aliphatic carbocycles. The van der Waals surface area contributed by atoms with Crippen molar-refractivity contribution >= 4 is 26.0 Å². The van der Waals surface area contributed by atoms with Gasteiger partial charge in [-0.15, -0.1) is 0 Å². The maximum Gasteiger partial charge on any atom is 0.244 e. The van der Waals surface area contributed by atoms with Crippen LogP contribution in [0.4, 0.5) is 0 Å². The number of piperazine rings is 1. The molecule has 2 aromatic rings. The molecule has 1 aromatic carbocycles. The first kappa shape index (κ1) is 23.8. The van der Waals surface area contributed by atoms with Gasteiger partial charge in [0.2, 0.25) is 26.0 Å². The lowest BCUT2D eigenvalue weighted by Gasteiger charge is -2.34. The summed E-state index contributed by atoms with van der Waals surface area (Å²) in [5.74, 6) is -0.365. The fourth-order valence-corrected chi connectivity index (χ4v) is 6.81. The third kappa shape index (κ3) is 4.96. The van der Waals surface area contributed by atoms with E-state index in [1.807, 2.05) is 6.07 Å². The van der Waals surface area contributed by atoms with Crippen molar-refractivity contribution < 1.29 is 21.6 Å². The monoisotopic (exact) mass is 492 g/mol. The topological polar surface area (TPSA) is 108 Å². The number of carbonyl (C=O) groups is 1. The van der Waals surface area contributed by atoms with Gasteiger partial charge < -0.3 is 4.90 Å². The summed E-state index contributed by atoms with van der Waals surface area (Å²) in [5, 5.41) is 0. The molecule has 1 aromatic heterocycles. The van der Waals surface area contributed by atoms with Gasteiger partial charge in [0.25, 0.3) is 0 Å². The highest BCUT2D eigenvalue weighted by molar-refractivity contribution is 7.89. The molecule has 11 heteroatoms. The normalized spacial score (nSPS) is 17.7. The molecule has 0 atom stereocenters. The van der Waals surface area contributed by atoms with Gasteiger partial charge in [-0.1, -0.05) is 6.07 Å². The first-order valence-electron chi connectivity index (χ1n) is 11.0. The lowest BCUT2D eigenvalue weighted by Crippen LogP contribution is -2.52. The van der Waals surface area contributed by atoms with E-state index in [1.165, 1.54) is 46.3 Å². The Bertz CT molecular complexity index is 1220. The van der Waals surface area contributed by atoms with E-state index in [2.05, 4.69) is 4.98 Å². The summed E-state index contributed by atoms with van der Waals surface area (Å²) in [7, 11) is -6.13. The molecule has 0 bridgehead atoms. The van der Waals surface area contributed by atoms with E-state index in [0.29, 0.717) is 4.90 Å². The van der Waals surface area contributed by atoms with Crippen LogP contribution < -0.4 is 0 Å². The summed E-state index contributed by atoms with van der Waals surface area (Å²) in [6, 6.07) is 8.33. The van der Waals surface area contributed by atoms with Gasteiger partial charge >= 0.3 is 0 Å². The number of sulfonamides is 2. The van der Waals surface area contributed by atoms with E-state index in [-0.39, 0.29) is 43.5 Å². The number of benzene rings is 1. The number of amides is 1. The van der Waals surface area contributed by atoms with Crippen molar-refractivity contribution in [1.82, 2.24) is 18.5 Å². The molecule has 2 aliphatic rings. The number of likely N-dealkylation sites (N-methyl/N-ethyl adjacent to an activating group) is 1. The van der Waals surface area contributed by atoms with Crippen LogP contribution in [0.1, 0.15) is 24.0 Å². The minimum atomic E-state index is -3.83. The highest BCUT2D eigenvalue weighted by Crippen LogP contribution is 2.26. The number of hydrogen-bond acceptors (Lipinski definition) is 6. The molecule has 0 saturated carbocycles. The van der Waals surface area contributed by atoms with Gasteiger partial charge in [0.1, 0.15) is 4.90 Å². The second-order valence-corrected chi connectivity index (χ2v) is 12.4. The molecule has 0 unspecified atom stereocenters. The maximum absolute atomic E-state index is 13.1. The van der Waals surface area contributed by atoms with Gasteiger partial charge in [0, 0.05) is 45.6 Å². The number of hydrogen-bond donors (Lipinski definition) is 0. The van der Waals surface area contributed by atoms with Gasteiger partial charge in [-0.2, -0.15) is 8.61 Å². The lowest BCUT2D eigenvalue weighted by molar-refractivity contribution is -0.132. The standard InChI is InChI=1S/C22H28N4O5S2/c1-24(32(28,29)21-7-4-10-23-16-21)17-22(27)25-11-13-26(14-12-25)33(30,31)20-9-8-18-5-2-3-6-19(18)15-20/h4,7-10,15-16H,2-3,5-6,11-14,17H2,1H3. The van der Waals surface area contributed by atoms with E-state index in [9.17, 15) is 21.6 Å². The molecule has 1 fully saturated rings. The zero-order valence-corrected chi connectivity index (χ0v) is 20.2. The highest BCUT2D eigenvalue weighted by atomic mass is 32.2. The summed E-state index contributed by atoms with van der Waals surface area (Å²) in [6.45, 7) is 0.441. The van der Waals surface area contributed by atoms with Crippen LogP contribution in [-0.2, 0) is 37.7 Å². The minimum Gasteiger partial charge on any atom is -0.339 e. The average molecular weight is 493 g/mol. The van der Waals surface area contributed by atoms with Crippen LogP contribution in [0.2, 0.25) is 0 Å². The van der Waals surface area contributed by atoms with Crippen molar-refractivity contribution in [2.24, 2.45) is 0 Å². The van der Waals surface area contributed by atoms with Gasteiger partial charge in [-0.3, -0.25) is 9.78 Å². The number of carbonyl (C=O) groups excluding carboxylic acids is 1. The van der Waals surface area contributed by atoms with E-state index in [1.54, 1.807) is 12.1 Å². The van der Waals surface area contributed by atoms with E-state index < -0.39 is 20.0 Å². The average Bonchev–Trinajstić information content (AvgIpc) is 2.84. The Balaban J connectivity index is 1.38. The second-order valence-electron chi connectivity index (χ2n) is 8.37. The summed E-state index contributed by atoms with van der Waals surface area (Å²) in [4.78, 5) is 18.3. The number of aryl methyl sites for hydroxylation is 2. The molecule has 33 heavy (non-hydrogen) atoms. The maximum atomic E-state index is 13.1. The van der Waals surface area contributed by atoms with Crippen molar-refractivity contribution in [2.45, 2.75) is 35.5 Å². The Kier molecular flexibility index (Phi) is 6.85. The Labute approximate surface area is 195 Å². The van der Waals surface area contributed by atoms with E-state index in [0.717, 1.165) is 35.6 Å². The Hall–Kier alpha value is -2.34. The molecular weight excluding hydrogens is 464 g/mol. The van der Waals surface area contributed by atoms with Gasteiger partial charge in [0.15, 0.2) is 0 Å². The predicted molar refractivity (Wildman–Crippen MR) is 122 cm³/mol. The van der Waals surface area contributed by atoms with Crippen LogP contribution in [-0.4, -0.2) is 81.0 Å². The predicted octanol–water partition coefficient (Wildman–Crippen LogP) is 1.11. The van der Waals surface area contributed by atoms with Crippen LogP contribution in [0.5, 0.6) is 0 Å². The molecular formula is C22H28N4O5S2. The van der Waals surface area contributed by atoms with Crippen molar-refractivity contribution in [3.63, 3.8) is 0 Å². The van der Waals surface area contributed by atoms with Crippen molar-refractivity contribution in [3.8, 4) is 0 Å². The number of pyridine rings is 1. The Morgan fingerprint density at radius 1 is 0.970 bits per heavy atom. The van der Waals surface area contributed by atoms with Crippen molar-refractivity contribution in [1.29, 1.82) is 0 Å². The van der Waals surface area contributed by atoms with Crippen LogP contribution >= 0.6 is 0 Å². The summed E-state index contributed by atoms with van der Waals surface area (Å²) in [5.41, 5.74) is 2.33. The van der Waals surface area contributed by atoms with Crippen LogP contribution in [0.3, 0.4) is 0 Å². The molecule has 0 radical (unpaired) electrons. The highest BCUT2D eigenvalue weighted by Gasteiger charge is 2.32. The van der Waals surface area contributed by atoms with E-state index >= 15 is 0 Å². The van der Waals surface area contributed by atoms with E-state index in [4.69, 9.17) is 0 Å². The number of rotatable bonds is 6. The van der Waals surface area contributed by atoms with Crippen LogP contribution in [0.15, 0.2) is 52.5 Å². The van der Waals surface area contributed by atoms with Gasteiger partial charge in [-0.25, -0.2) is 16.8 Å². The Morgan fingerprint density at radius 3 is 2.33 bits per heavy atom. The van der Waals surface area contributed by atoms with Crippen LogP contribution in [0, 0.1) is 0 Å². The zero-order chi connectivity index (χ0) is 23.6. The van der Waals surface area contributed by atoms with Crippen molar-refractivity contribution in [2.75, 3.05) is 39.8 Å². The molecule has 0 spiro atoms. The molecule has 1 aliphatic heterocycles. The number of aromatic nitrogens is 1. The summed E-state index contributed by atoms with van der Waals surface area (Å²) >= 11 is 0. The second kappa shape index (κ2) is 9.49. The smallest absolute Gasteiger partial charge is 0.244 e. The fraction of sp³-hybridized carbons (Fsp3) is 0.455. The molecule has 1 saturated heterocycles. The molecule has 0 N–H and O–H groups in total. The van der Waals surface area contributed by atoms with Gasteiger partial charge in [-0.05, 0) is 61.1 Å². The lowest BCUT2D eigenvalue weighted by atomic mass is 9.92. The fourth-order valence-electron chi connectivity index (χ4n) is 4.25. The largest absolute Gasteiger partial charge is 0.339 e. The summed E-state index contributed by atoms with van der Waals surface area (Å²) < 4.78 is 53.9. The first-order valence-corrected chi connectivity index (χ1v) is 13.8. The van der Waals surface area contributed by atoms with Gasteiger partial charge in [0.05, 0.1) is 11.4 Å². The number of fused-ring (bicyclic) bond motifs is 1. The zero-order valence-electron chi connectivity index (χ0n) is 18.6. The third-order valence-corrected chi connectivity index (χ3v) is 9.93. The molecule has 1 amide bonds. The quantitative estimate of drug-likeness (QED) is 0.598. The van der Waals surface area contributed by atoms with Crippen molar-refractivity contribution in [3.05, 3.63) is 53.9 Å². The molecule has 178 valence electrons. The molecule has 2 heterocycles. The summed E-state index contributed by atoms with van der Waals surface area (Å²) in [6.07, 6.45) is 6.80. The number of nitrogens with zero attached hydrogens (tertiary/aromatic N) is 4. The third-order valence-electron chi connectivity index (χ3n) is 6.25.